The number of thiophene rings is 1. The van der Waals surface area contributed by atoms with Gasteiger partial charge in [-0.05, 0) is 54.1 Å². The van der Waals surface area contributed by atoms with E-state index < -0.39 is 0 Å². The van der Waals surface area contributed by atoms with Gasteiger partial charge in [-0.25, -0.2) is 9.50 Å². The van der Waals surface area contributed by atoms with Crippen molar-refractivity contribution in [2.75, 3.05) is 20.2 Å². The zero-order valence-corrected chi connectivity index (χ0v) is 17.5. The largest absolute Gasteiger partial charge is 0.497 e. The highest BCUT2D eigenvalue weighted by Crippen LogP contribution is 2.29. The van der Waals surface area contributed by atoms with E-state index in [1.807, 2.05) is 57.4 Å². The minimum atomic E-state index is 0.134. The smallest absolute Gasteiger partial charge is 0.263 e. The molecule has 5 rings (SSSR count). The Kier molecular flexibility index (Phi) is 4.96. The van der Waals surface area contributed by atoms with Gasteiger partial charge in [0.25, 0.3) is 5.91 Å². The van der Waals surface area contributed by atoms with Gasteiger partial charge in [0.15, 0.2) is 11.5 Å². The molecule has 3 aromatic heterocycles. The lowest BCUT2D eigenvalue weighted by Crippen LogP contribution is -2.37. The lowest BCUT2D eigenvalue weighted by atomic mass is 9.96. The first-order chi connectivity index (χ1) is 14.7. The van der Waals surface area contributed by atoms with Crippen LogP contribution in [0.1, 0.15) is 34.3 Å². The van der Waals surface area contributed by atoms with Crippen LogP contribution in [0, 0.1) is 0 Å². The summed E-state index contributed by atoms with van der Waals surface area (Å²) >= 11 is 1.50. The minimum Gasteiger partial charge on any atom is -0.497 e. The molecule has 0 radical (unpaired) electrons. The van der Waals surface area contributed by atoms with Gasteiger partial charge in [0.1, 0.15) is 5.75 Å². The molecule has 7 heteroatoms. The van der Waals surface area contributed by atoms with E-state index >= 15 is 0 Å². The Balaban J connectivity index is 1.33. The molecule has 0 aliphatic carbocycles. The standard InChI is InChI=1S/C23H22N4O2S/c1-29-19-5-2-4-17(14-19)18-7-8-21-24-22(25-27(21)15-18)16-9-11-26(12-10-16)23(28)20-6-3-13-30-20/h2-8,13-16H,9-12H2,1H3. The Hall–Kier alpha value is -3.19. The minimum absolute atomic E-state index is 0.134. The first kappa shape index (κ1) is 18.8. The van der Waals surface area contributed by atoms with E-state index in [4.69, 9.17) is 14.8 Å². The fourth-order valence-corrected chi connectivity index (χ4v) is 4.63. The number of likely N-dealkylation sites (tertiary alicyclic amines) is 1. The summed E-state index contributed by atoms with van der Waals surface area (Å²) in [5.74, 6) is 2.10. The van der Waals surface area contributed by atoms with E-state index in [0.717, 1.165) is 59.2 Å². The number of piperidine rings is 1. The normalized spacial score (nSPS) is 14.9. The molecule has 30 heavy (non-hydrogen) atoms. The second-order valence-electron chi connectivity index (χ2n) is 7.47. The van der Waals surface area contributed by atoms with Crippen LogP contribution in [0.3, 0.4) is 0 Å². The molecule has 0 unspecified atom stereocenters. The van der Waals surface area contributed by atoms with Gasteiger partial charge in [0.05, 0.1) is 12.0 Å². The average molecular weight is 419 g/mol. The molecule has 0 bridgehead atoms. The zero-order chi connectivity index (χ0) is 20.5. The third-order valence-corrected chi connectivity index (χ3v) is 6.49. The Bertz CT molecular complexity index is 1180. The summed E-state index contributed by atoms with van der Waals surface area (Å²) in [5, 5.41) is 6.70. The van der Waals surface area contributed by atoms with Crippen LogP contribution in [0.2, 0.25) is 0 Å². The monoisotopic (exact) mass is 418 g/mol. The molecule has 1 fully saturated rings. The van der Waals surface area contributed by atoms with Crippen LogP contribution in [0.15, 0.2) is 60.1 Å². The molecule has 6 nitrogen and oxygen atoms in total. The fourth-order valence-electron chi connectivity index (χ4n) is 3.94. The quantitative estimate of drug-likeness (QED) is 0.490. The molecule has 1 amide bonds. The van der Waals surface area contributed by atoms with Crippen molar-refractivity contribution in [3.8, 4) is 16.9 Å². The van der Waals surface area contributed by atoms with Crippen molar-refractivity contribution in [2.24, 2.45) is 0 Å². The van der Waals surface area contributed by atoms with E-state index in [1.54, 1.807) is 7.11 Å². The van der Waals surface area contributed by atoms with Gasteiger partial charge in [-0.1, -0.05) is 18.2 Å². The summed E-state index contributed by atoms with van der Waals surface area (Å²) in [7, 11) is 1.67. The van der Waals surface area contributed by atoms with Crippen LogP contribution in [0.4, 0.5) is 0 Å². The Morgan fingerprint density at radius 1 is 1.10 bits per heavy atom. The van der Waals surface area contributed by atoms with Crippen molar-refractivity contribution >= 4 is 22.9 Å². The molecular weight excluding hydrogens is 396 g/mol. The van der Waals surface area contributed by atoms with Crippen LogP contribution < -0.4 is 4.74 Å². The molecule has 4 aromatic rings. The third kappa shape index (κ3) is 3.57. The maximum absolute atomic E-state index is 12.6. The number of pyridine rings is 1. The van der Waals surface area contributed by atoms with Crippen LogP contribution in [0.5, 0.6) is 5.75 Å². The molecule has 1 saturated heterocycles. The lowest BCUT2D eigenvalue weighted by Gasteiger charge is -2.30. The second-order valence-corrected chi connectivity index (χ2v) is 8.41. The molecule has 1 aromatic carbocycles. The summed E-state index contributed by atoms with van der Waals surface area (Å²) in [6, 6.07) is 15.9. The van der Waals surface area contributed by atoms with Crippen LogP contribution in [-0.2, 0) is 0 Å². The zero-order valence-electron chi connectivity index (χ0n) is 16.7. The molecule has 0 N–H and O–H groups in total. The second kappa shape index (κ2) is 7.91. The van der Waals surface area contributed by atoms with E-state index in [2.05, 4.69) is 12.1 Å². The number of hydrogen-bond acceptors (Lipinski definition) is 5. The summed E-state index contributed by atoms with van der Waals surface area (Å²) in [5.41, 5.74) is 2.98. The van der Waals surface area contributed by atoms with Crippen LogP contribution in [-0.4, -0.2) is 45.6 Å². The molecular formula is C23H22N4O2S. The third-order valence-electron chi connectivity index (χ3n) is 5.63. The van der Waals surface area contributed by atoms with Gasteiger partial charge in [0, 0.05) is 30.8 Å². The van der Waals surface area contributed by atoms with Gasteiger partial charge in [-0.15, -0.1) is 11.3 Å². The maximum Gasteiger partial charge on any atom is 0.263 e. The number of benzene rings is 1. The number of rotatable bonds is 4. The van der Waals surface area contributed by atoms with Gasteiger partial charge in [0.2, 0.25) is 0 Å². The molecule has 152 valence electrons. The Labute approximate surface area is 178 Å². The summed E-state index contributed by atoms with van der Waals surface area (Å²) in [6.45, 7) is 1.48. The highest BCUT2D eigenvalue weighted by molar-refractivity contribution is 7.12. The number of hydrogen-bond donors (Lipinski definition) is 0. The molecule has 0 saturated carbocycles. The number of carbonyl (C=O) groups excluding carboxylic acids is 1. The van der Waals surface area contributed by atoms with Gasteiger partial charge >= 0.3 is 0 Å². The lowest BCUT2D eigenvalue weighted by molar-refractivity contribution is 0.0716. The Morgan fingerprint density at radius 2 is 1.97 bits per heavy atom. The van der Waals surface area contributed by atoms with Crippen LogP contribution in [0.25, 0.3) is 16.8 Å². The topological polar surface area (TPSA) is 59.7 Å². The van der Waals surface area contributed by atoms with Crippen molar-refractivity contribution in [3.05, 3.63) is 70.8 Å². The summed E-state index contributed by atoms with van der Waals surface area (Å²) in [4.78, 5) is 20.1. The summed E-state index contributed by atoms with van der Waals surface area (Å²) in [6.07, 6.45) is 3.78. The number of carbonyl (C=O) groups is 1. The number of fused-ring (bicyclic) bond motifs is 1. The number of methoxy groups -OCH3 is 1. The van der Waals surface area contributed by atoms with Gasteiger partial charge in [-0.3, -0.25) is 4.79 Å². The van der Waals surface area contributed by atoms with E-state index in [-0.39, 0.29) is 11.8 Å². The van der Waals surface area contributed by atoms with E-state index in [1.165, 1.54) is 11.3 Å². The Morgan fingerprint density at radius 3 is 2.73 bits per heavy atom. The number of nitrogens with zero attached hydrogens (tertiary/aromatic N) is 4. The number of aromatic nitrogens is 3. The first-order valence-electron chi connectivity index (χ1n) is 10.0. The summed E-state index contributed by atoms with van der Waals surface area (Å²) < 4.78 is 7.19. The molecule has 0 spiro atoms. The van der Waals surface area contributed by atoms with Crippen molar-refractivity contribution in [1.82, 2.24) is 19.5 Å². The first-order valence-corrected chi connectivity index (χ1v) is 10.9. The van der Waals surface area contributed by atoms with Gasteiger partial charge in [-0.2, -0.15) is 5.10 Å². The predicted molar refractivity (Wildman–Crippen MR) is 117 cm³/mol. The van der Waals surface area contributed by atoms with Gasteiger partial charge < -0.3 is 9.64 Å². The highest BCUT2D eigenvalue weighted by Gasteiger charge is 2.27. The van der Waals surface area contributed by atoms with E-state index in [9.17, 15) is 4.79 Å². The molecule has 1 aliphatic rings. The van der Waals surface area contributed by atoms with Crippen molar-refractivity contribution in [1.29, 1.82) is 0 Å². The van der Waals surface area contributed by atoms with Crippen molar-refractivity contribution < 1.29 is 9.53 Å². The SMILES string of the molecule is COc1cccc(-c2ccc3nc(C4CCN(C(=O)c5cccs5)CC4)nn3c2)c1. The predicted octanol–water partition coefficient (Wildman–Crippen LogP) is 4.49. The number of ether oxygens (including phenoxy) is 1. The van der Waals surface area contributed by atoms with Crippen LogP contribution >= 0.6 is 11.3 Å². The molecule has 0 atom stereocenters. The molecule has 1 aliphatic heterocycles. The molecule has 4 heterocycles. The van der Waals surface area contributed by atoms with E-state index in [0.29, 0.717) is 0 Å². The number of amides is 1. The van der Waals surface area contributed by atoms with Crippen molar-refractivity contribution in [2.45, 2.75) is 18.8 Å². The highest BCUT2D eigenvalue weighted by atomic mass is 32.1. The van der Waals surface area contributed by atoms with Crippen molar-refractivity contribution in [3.63, 3.8) is 0 Å². The maximum atomic E-state index is 12.6. The fraction of sp³-hybridized carbons (Fsp3) is 0.261. The average Bonchev–Trinajstić information content (AvgIpc) is 3.48.